The van der Waals surface area contributed by atoms with E-state index in [9.17, 15) is 9.18 Å². The summed E-state index contributed by atoms with van der Waals surface area (Å²) < 4.78 is 20.9. The Labute approximate surface area is 162 Å². The van der Waals surface area contributed by atoms with Crippen molar-refractivity contribution in [2.45, 2.75) is 20.5 Å². The molecule has 0 unspecified atom stereocenters. The summed E-state index contributed by atoms with van der Waals surface area (Å²) in [7, 11) is 0. The first kappa shape index (κ1) is 18.5. The summed E-state index contributed by atoms with van der Waals surface area (Å²) in [5.41, 5.74) is 2.47. The van der Waals surface area contributed by atoms with Crippen molar-refractivity contribution in [3.05, 3.63) is 79.4 Å². The molecule has 3 aromatic heterocycles. The molecule has 134 valence electrons. The Balaban J connectivity index is 1.90. The molecule has 0 atom stereocenters. The maximum Gasteiger partial charge on any atom is 0.259 e. The molecule has 3 heterocycles. The molecule has 0 saturated heterocycles. The van der Waals surface area contributed by atoms with Gasteiger partial charge in [-0.3, -0.25) is 14.3 Å². The number of rotatable bonds is 4. The lowest BCUT2D eigenvalue weighted by atomic mass is 10.2. The van der Waals surface area contributed by atoms with E-state index < -0.39 is 5.82 Å². The van der Waals surface area contributed by atoms with Crippen LogP contribution < -0.4 is 10.3 Å². The molecule has 0 radical (unpaired) electrons. The summed E-state index contributed by atoms with van der Waals surface area (Å²) >= 11 is 9.26. The molecule has 5 nitrogen and oxygen atoms in total. The third kappa shape index (κ3) is 3.94. The Bertz CT molecular complexity index is 1040. The summed E-state index contributed by atoms with van der Waals surface area (Å²) in [6.07, 6.45) is 2.76. The van der Waals surface area contributed by atoms with Crippen LogP contribution in [-0.4, -0.2) is 14.5 Å². The topological polar surface area (TPSA) is 57.0 Å². The zero-order valence-electron chi connectivity index (χ0n) is 14.0. The van der Waals surface area contributed by atoms with Gasteiger partial charge in [-0.15, -0.1) is 0 Å². The van der Waals surface area contributed by atoms with Gasteiger partial charge in [0.15, 0.2) is 0 Å². The van der Waals surface area contributed by atoms with Crippen LogP contribution in [0.1, 0.15) is 17.0 Å². The van der Waals surface area contributed by atoms with Crippen LogP contribution in [0.3, 0.4) is 0 Å². The normalized spacial score (nSPS) is 10.8. The van der Waals surface area contributed by atoms with E-state index in [1.807, 2.05) is 13.8 Å². The van der Waals surface area contributed by atoms with E-state index in [-0.39, 0.29) is 17.2 Å². The van der Waals surface area contributed by atoms with Gasteiger partial charge in [0.1, 0.15) is 22.8 Å². The van der Waals surface area contributed by atoms with E-state index >= 15 is 0 Å². The van der Waals surface area contributed by atoms with Crippen molar-refractivity contribution < 1.29 is 9.13 Å². The first-order chi connectivity index (χ1) is 12.3. The number of pyridine rings is 3. The van der Waals surface area contributed by atoms with Gasteiger partial charge in [0.25, 0.3) is 5.56 Å². The largest absolute Gasteiger partial charge is 0.487 e. The third-order valence-electron chi connectivity index (χ3n) is 3.73. The predicted octanol–water partition coefficient (Wildman–Crippen LogP) is 4.38. The Morgan fingerprint density at radius 3 is 2.65 bits per heavy atom. The Morgan fingerprint density at radius 2 is 1.96 bits per heavy atom. The van der Waals surface area contributed by atoms with E-state index in [2.05, 4.69) is 25.9 Å². The number of nitrogens with zero attached hydrogens (tertiary/aromatic N) is 3. The molecule has 8 heteroatoms. The number of halogens is 3. The van der Waals surface area contributed by atoms with E-state index in [1.165, 1.54) is 12.1 Å². The first-order valence-electron chi connectivity index (χ1n) is 7.64. The summed E-state index contributed by atoms with van der Waals surface area (Å²) in [6, 6.07) is 6.08. The van der Waals surface area contributed by atoms with Gasteiger partial charge in [-0.1, -0.05) is 11.6 Å². The average Bonchev–Trinajstić information content (AvgIpc) is 2.56. The molecule has 0 N–H and O–H groups in total. The van der Waals surface area contributed by atoms with Crippen LogP contribution in [0.2, 0.25) is 5.02 Å². The van der Waals surface area contributed by atoms with E-state index in [4.69, 9.17) is 16.3 Å². The quantitative estimate of drug-likeness (QED) is 0.567. The molecule has 0 aromatic carbocycles. The van der Waals surface area contributed by atoms with Crippen molar-refractivity contribution in [2.75, 3.05) is 0 Å². The number of hydrogen-bond donors (Lipinski definition) is 0. The molecule has 0 saturated carbocycles. The molecule has 0 bridgehead atoms. The Morgan fingerprint density at radius 1 is 1.19 bits per heavy atom. The minimum absolute atomic E-state index is 0.0296. The lowest BCUT2D eigenvalue weighted by molar-refractivity contribution is 0.300. The second kappa shape index (κ2) is 7.55. The summed E-state index contributed by atoms with van der Waals surface area (Å²) in [6.45, 7) is 3.72. The Hall–Kier alpha value is -2.25. The lowest BCUT2D eigenvalue weighted by Crippen LogP contribution is -2.21. The van der Waals surface area contributed by atoms with Crippen molar-refractivity contribution in [2.24, 2.45) is 0 Å². The van der Waals surface area contributed by atoms with Crippen molar-refractivity contribution >= 4 is 27.5 Å². The van der Waals surface area contributed by atoms with Crippen LogP contribution in [0.25, 0.3) is 5.69 Å². The highest BCUT2D eigenvalue weighted by Gasteiger charge is 2.11. The molecule has 0 spiro atoms. The van der Waals surface area contributed by atoms with Crippen LogP contribution in [0.5, 0.6) is 5.75 Å². The van der Waals surface area contributed by atoms with Crippen LogP contribution in [0.4, 0.5) is 4.39 Å². The van der Waals surface area contributed by atoms with Gasteiger partial charge in [0.05, 0.1) is 22.6 Å². The molecule has 0 amide bonds. The van der Waals surface area contributed by atoms with Gasteiger partial charge in [-0.25, -0.2) is 9.37 Å². The fourth-order valence-electron chi connectivity index (χ4n) is 2.49. The third-order valence-corrected chi connectivity index (χ3v) is 4.49. The molecule has 0 aliphatic carbocycles. The number of aromatic nitrogens is 3. The lowest BCUT2D eigenvalue weighted by Gasteiger charge is -2.14. The molecule has 26 heavy (non-hydrogen) atoms. The highest BCUT2D eigenvalue weighted by molar-refractivity contribution is 9.10. The molecule has 3 aromatic rings. The van der Waals surface area contributed by atoms with Crippen molar-refractivity contribution in [3.8, 4) is 11.4 Å². The minimum Gasteiger partial charge on any atom is -0.487 e. The van der Waals surface area contributed by atoms with Gasteiger partial charge in [0.2, 0.25) is 0 Å². The minimum atomic E-state index is -0.518. The van der Waals surface area contributed by atoms with Gasteiger partial charge < -0.3 is 4.74 Å². The maximum absolute atomic E-state index is 13.0. The van der Waals surface area contributed by atoms with E-state index in [0.717, 1.165) is 17.4 Å². The Kier molecular flexibility index (Phi) is 5.38. The zero-order valence-corrected chi connectivity index (χ0v) is 16.3. The van der Waals surface area contributed by atoms with Crippen molar-refractivity contribution in [1.29, 1.82) is 0 Å². The smallest absolute Gasteiger partial charge is 0.259 e. The fraction of sp³-hybridized carbons (Fsp3) is 0.167. The van der Waals surface area contributed by atoms with Crippen LogP contribution in [-0.2, 0) is 6.61 Å². The molecular weight excluding hydrogens is 425 g/mol. The summed E-state index contributed by atoms with van der Waals surface area (Å²) in [5.74, 6) is -0.132. The molecule has 0 fully saturated rings. The second-order valence-corrected chi connectivity index (χ2v) is 6.89. The highest BCUT2D eigenvalue weighted by Crippen LogP contribution is 2.21. The standard InChI is InChI=1S/C18H14BrClFN3O2/c1-10-7-23-17(19)6-16(10)24-11(2)3-13(5-18(24)25)26-9-15-14(20)4-12(21)8-22-15/h3-8H,9H2,1-2H3. The average molecular weight is 439 g/mol. The molecule has 0 aliphatic heterocycles. The highest BCUT2D eigenvalue weighted by atomic mass is 79.9. The summed E-state index contributed by atoms with van der Waals surface area (Å²) in [5, 5.41) is 0.173. The SMILES string of the molecule is Cc1cnc(Br)cc1-n1c(C)cc(OCc2ncc(F)cc2Cl)cc1=O. The van der Waals surface area contributed by atoms with Gasteiger partial charge >= 0.3 is 0 Å². The predicted molar refractivity (Wildman–Crippen MR) is 101 cm³/mol. The molecule has 3 rings (SSSR count). The van der Waals surface area contributed by atoms with Gasteiger partial charge in [-0.2, -0.15) is 0 Å². The monoisotopic (exact) mass is 437 g/mol. The van der Waals surface area contributed by atoms with E-state index in [1.54, 1.807) is 22.9 Å². The van der Waals surface area contributed by atoms with Gasteiger partial charge in [-0.05, 0) is 47.5 Å². The maximum atomic E-state index is 13.0. The number of hydrogen-bond acceptors (Lipinski definition) is 4. The number of aryl methyl sites for hydroxylation is 2. The molecule has 0 aliphatic rings. The van der Waals surface area contributed by atoms with E-state index in [0.29, 0.717) is 21.7 Å². The number of ether oxygens (including phenoxy) is 1. The molecular formula is C18H14BrClFN3O2. The van der Waals surface area contributed by atoms with Crippen molar-refractivity contribution in [1.82, 2.24) is 14.5 Å². The van der Waals surface area contributed by atoms with Crippen LogP contribution >= 0.6 is 27.5 Å². The van der Waals surface area contributed by atoms with Gasteiger partial charge in [0, 0.05) is 24.0 Å². The zero-order chi connectivity index (χ0) is 18.8. The van der Waals surface area contributed by atoms with Crippen molar-refractivity contribution in [3.63, 3.8) is 0 Å². The van der Waals surface area contributed by atoms with Crippen LogP contribution in [0, 0.1) is 19.7 Å². The fourth-order valence-corrected chi connectivity index (χ4v) is 3.02. The first-order valence-corrected chi connectivity index (χ1v) is 8.81. The second-order valence-electron chi connectivity index (χ2n) is 5.67. The van der Waals surface area contributed by atoms with Crippen LogP contribution in [0.15, 0.2) is 46.1 Å². The summed E-state index contributed by atoms with van der Waals surface area (Å²) in [4.78, 5) is 20.7.